The zero-order valence-electron chi connectivity index (χ0n) is 25.8. The Bertz CT molecular complexity index is 1710. The van der Waals surface area contributed by atoms with Crippen LogP contribution in [-0.2, 0) is 34.4 Å². The smallest absolute Gasteiger partial charge is 0.414 e. The summed E-state index contributed by atoms with van der Waals surface area (Å²) in [5, 5.41) is 0. The molecule has 1 aliphatic rings. The Morgan fingerprint density at radius 1 is 0.909 bits per heavy atom. The highest BCUT2D eigenvalue weighted by molar-refractivity contribution is 7.93. The molecule has 0 bridgehead atoms. The molecule has 0 fully saturated rings. The van der Waals surface area contributed by atoms with Crippen LogP contribution in [0.1, 0.15) is 33.3 Å². The third-order valence-corrected chi connectivity index (χ3v) is 9.29. The van der Waals surface area contributed by atoms with E-state index in [-0.39, 0.29) is 22.9 Å². The topological polar surface area (TPSA) is 160 Å². The van der Waals surface area contributed by atoms with E-state index in [1.165, 1.54) is 55.4 Å². The van der Waals surface area contributed by atoms with Gasteiger partial charge < -0.3 is 14.4 Å². The molecule has 0 N–H and O–H groups in total. The lowest BCUT2D eigenvalue weighted by Gasteiger charge is -2.40. The first-order valence-corrected chi connectivity index (χ1v) is 16.6. The zero-order valence-corrected chi connectivity index (χ0v) is 27.4. The fourth-order valence-corrected chi connectivity index (χ4v) is 6.34. The highest BCUT2D eigenvalue weighted by atomic mass is 32.2. The molecule has 1 aliphatic heterocycles. The van der Waals surface area contributed by atoms with Gasteiger partial charge in [-0.25, -0.2) is 30.7 Å². The van der Waals surface area contributed by atoms with E-state index < -0.39 is 54.7 Å². The van der Waals surface area contributed by atoms with Gasteiger partial charge in [-0.3, -0.25) is 14.1 Å². The maximum Gasteiger partial charge on any atom is 0.414 e. The van der Waals surface area contributed by atoms with Gasteiger partial charge in [-0.1, -0.05) is 17.7 Å². The number of benzene rings is 2. The fourth-order valence-electron chi connectivity index (χ4n) is 3.98. The van der Waals surface area contributed by atoms with Gasteiger partial charge in [-0.15, -0.1) is 0 Å². The van der Waals surface area contributed by atoms with Crippen molar-refractivity contribution in [2.75, 3.05) is 31.2 Å². The predicted molar refractivity (Wildman–Crippen MR) is 164 cm³/mol. The van der Waals surface area contributed by atoms with Gasteiger partial charge in [0.1, 0.15) is 17.0 Å². The summed E-state index contributed by atoms with van der Waals surface area (Å²) in [5.41, 5.74) is -3.70. The molecule has 1 amide bonds. The summed E-state index contributed by atoms with van der Waals surface area (Å²) in [6.45, 7) is 7.31. The summed E-state index contributed by atoms with van der Waals surface area (Å²) < 4.78 is 65.7. The Morgan fingerprint density at radius 2 is 1.48 bits per heavy atom. The van der Waals surface area contributed by atoms with Crippen LogP contribution in [0.3, 0.4) is 0 Å². The molecule has 0 unspecified atom stereocenters. The van der Waals surface area contributed by atoms with Crippen LogP contribution in [0.25, 0.3) is 0 Å². The number of rotatable bonds is 9. The molecule has 44 heavy (non-hydrogen) atoms. The number of aliphatic imine (C=N–C) groups is 1. The highest BCUT2D eigenvalue weighted by Gasteiger charge is 2.55. The monoisotopic (exact) mass is 648 g/mol. The number of hydrogen-bond donors (Lipinski definition) is 0. The van der Waals surface area contributed by atoms with Crippen molar-refractivity contribution in [2.45, 2.75) is 50.7 Å². The molecule has 1 atom stereocenters. The van der Waals surface area contributed by atoms with Crippen molar-refractivity contribution in [2.24, 2.45) is 4.99 Å². The average Bonchev–Trinajstić information content (AvgIpc) is 2.92. The van der Waals surface area contributed by atoms with E-state index in [0.717, 1.165) is 35.5 Å². The largest absolute Gasteiger partial charge is 0.458 e. The molecule has 2 aromatic rings. The van der Waals surface area contributed by atoms with Gasteiger partial charge in [0.25, 0.3) is 10.0 Å². The van der Waals surface area contributed by atoms with Crippen LogP contribution in [0.15, 0.2) is 70.3 Å². The van der Waals surface area contributed by atoms with Crippen molar-refractivity contribution in [1.82, 2.24) is 9.21 Å². The summed E-state index contributed by atoms with van der Waals surface area (Å²) in [6, 6.07) is 10.9. The van der Waals surface area contributed by atoms with Crippen LogP contribution in [-0.4, -0.2) is 88.1 Å². The van der Waals surface area contributed by atoms with Gasteiger partial charge in [0.15, 0.2) is 0 Å². The normalized spacial score (nSPS) is 15.1. The number of amides is 1. The molecule has 13 nitrogen and oxygen atoms in total. The Balaban J connectivity index is 2.34. The molecule has 238 valence electrons. The molecular weight excluding hydrogens is 612 g/mol. The van der Waals surface area contributed by atoms with Crippen LogP contribution in [0, 0.1) is 6.92 Å². The molecule has 2 aromatic carbocycles. The van der Waals surface area contributed by atoms with E-state index in [9.17, 15) is 31.2 Å². The summed E-state index contributed by atoms with van der Waals surface area (Å²) in [6.07, 6.45) is 2.35. The number of Topliss-reactive ketones (excluding diaryl/α,β-unsaturated/α-hetero) is 1. The Morgan fingerprint density at radius 3 is 1.98 bits per heavy atom. The number of ketones is 1. The molecule has 0 aliphatic carbocycles. The summed E-state index contributed by atoms with van der Waals surface area (Å²) >= 11 is 0. The standard InChI is InChI=1S/C29H36N4O9S2/c1-20-9-15-23(16-10-20)44(39,40)33(21-11-13-22(14-12-21)41-27(36)31(6)7)29(5,26(35)42-28(2,3)4)25(34)24-19-32(18-17-30-24)43(8,37)38/h9-17,19H,18H2,1-8H3/t29-/m1/s1. The zero-order chi connectivity index (χ0) is 33.3. The second-order valence-corrected chi connectivity index (χ2v) is 15.1. The number of esters is 1. The number of aryl methyl sites for hydroxylation is 1. The van der Waals surface area contributed by atoms with Crippen LogP contribution < -0.4 is 9.04 Å². The molecule has 3 rings (SSSR count). The quantitative estimate of drug-likeness (QED) is 0.294. The molecule has 0 saturated heterocycles. The minimum atomic E-state index is -4.72. The number of ether oxygens (including phenoxy) is 2. The van der Waals surface area contributed by atoms with Crippen molar-refractivity contribution < 1.29 is 40.7 Å². The molecule has 0 aromatic heterocycles. The molecule has 0 spiro atoms. The number of carbonyl (C=O) groups excluding carboxylic acids is 3. The van der Waals surface area contributed by atoms with Crippen LogP contribution in [0.4, 0.5) is 10.5 Å². The van der Waals surface area contributed by atoms with E-state index in [1.54, 1.807) is 39.8 Å². The van der Waals surface area contributed by atoms with Crippen LogP contribution >= 0.6 is 0 Å². The van der Waals surface area contributed by atoms with Crippen molar-refractivity contribution in [1.29, 1.82) is 0 Å². The van der Waals surface area contributed by atoms with Crippen LogP contribution in [0.5, 0.6) is 5.75 Å². The Hall–Kier alpha value is -4.24. The first kappa shape index (κ1) is 34.3. The first-order chi connectivity index (χ1) is 20.2. The summed E-state index contributed by atoms with van der Waals surface area (Å²) in [4.78, 5) is 45.5. The lowest BCUT2D eigenvalue weighted by molar-refractivity contribution is -0.162. The van der Waals surface area contributed by atoms with E-state index >= 15 is 0 Å². The first-order valence-electron chi connectivity index (χ1n) is 13.3. The molecule has 0 radical (unpaired) electrons. The maximum atomic E-state index is 14.4. The number of sulfonamides is 2. The van der Waals surface area contributed by atoms with Gasteiger partial charge in [-0.2, -0.15) is 0 Å². The summed E-state index contributed by atoms with van der Waals surface area (Å²) in [5.74, 6) is -2.31. The van der Waals surface area contributed by atoms with Crippen molar-refractivity contribution >= 4 is 49.8 Å². The van der Waals surface area contributed by atoms with Crippen molar-refractivity contribution in [3.8, 4) is 5.75 Å². The second kappa shape index (κ2) is 12.4. The van der Waals surface area contributed by atoms with Crippen molar-refractivity contribution in [3.05, 3.63) is 66.0 Å². The van der Waals surface area contributed by atoms with E-state index in [0.29, 0.717) is 4.31 Å². The lowest BCUT2D eigenvalue weighted by atomic mass is 9.92. The Kier molecular flexibility index (Phi) is 9.65. The molecular formula is C29H36N4O9S2. The number of hydrogen-bond acceptors (Lipinski definition) is 10. The SMILES string of the molecule is Cc1ccc(S(=O)(=O)N(c2ccc(OC(=O)N(C)C)cc2)[C@@](C)(C(=O)OC(C)(C)C)C(=O)C2=CN(S(C)(=O)=O)CC=N2)cc1. The molecule has 0 saturated carbocycles. The second-order valence-electron chi connectivity index (χ2n) is 11.4. The van der Waals surface area contributed by atoms with Gasteiger partial charge in [0.05, 0.1) is 23.4 Å². The van der Waals surface area contributed by atoms with Gasteiger partial charge in [-0.05, 0) is 71.0 Å². The van der Waals surface area contributed by atoms with Crippen molar-refractivity contribution in [3.63, 3.8) is 0 Å². The minimum absolute atomic E-state index is 0.0637. The summed E-state index contributed by atoms with van der Waals surface area (Å²) in [7, 11) is -5.59. The fraction of sp³-hybridized carbons (Fsp3) is 0.379. The third-order valence-electron chi connectivity index (χ3n) is 6.26. The van der Waals surface area contributed by atoms with Gasteiger partial charge in [0, 0.05) is 26.5 Å². The highest BCUT2D eigenvalue weighted by Crippen LogP contribution is 2.37. The lowest BCUT2D eigenvalue weighted by Crippen LogP contribution is -2.62. The minimum Gasteiger partial charge on any atom is -0.458 e. The number of anilines is 1. The van der Waals surface area contributed by atoms with Gasteiger partial charge >= 0.3 is 12.1 Å². The average molecular weight is 649 g/mol. The molecule has 15 heteroatoms. The maximum absolute atomic E-state index is 14.4. The van der Waals surface area contributed by atoms with E-state index in [2.05, 4.69) is 4.99 Å². The molecule has 1 heterocycles. The van der Waals surface area contributed by atoms with E-state index in [1.807, 2.05) is 0 Å². The Labute approximate surface area is 257 Å². The third kappa shape index (κ3) is 7.45. The number of nitrogens with zero attached hydrogens (tertiary/aromatic N) is 4. The predicted octanol–water partition coefficient (Wildman–Crippen LogP) is 3.11. The van der Waals surface area contributed by atoms with Crippen LogP contribution in [0.2, 0.25) is 0 Å². The van der Waals surface area contributed by atoms with E-state index in [4.69, 9.17) is 9.47 Å². The number of carbonyl (C=O) groups is 3. The van der Waals surface area contributed by atoms with Gasteiger partial charge in [0.2, 0.25) is 21.3 Å².